The second-order valence-corrected chi connectivity index (χ2v) is 3.41. The predicted molar refractivity (Wildman–Crippen MR) is 59.8 cm³/mol. The summed E-state index contributed by atoms with van der Waals surface area (Å²) in [5.74, 6) is -1.88. The van der Waals surface area contributed by atoms with Gasteiger partial charge in [-0.2, -0.15) is 5.26 Å². The number of hydrogen-bond donors (Lipinski definition) is 1. The van der Waals surface area contributed by atoms with Crippen molar-refractivity contribution in [1.82, 2.24) is 4.98 Å². The van der Waals surface area contributed by atoms with Gasteiger partial charge in [-0.1, -0.05) is 0 Å². The summed E-state index contributed by atoms with van der Waals surface area (Å²) in [4.78, 5) is 3.76. The van der Waals surface area contributed by atoms with Crippen LogP contribution in [0.25, 0.3) is 0 Å². The molecule has 2 rings (SSSR count). The molecule has 2 N–H and O–H groups in total. The number of nitrogen functional groups attached to an aromatic ring is 1. The van der Waals surface area contributed by atoms with Gasteiger partial charge in [0.15, 0.2) is 11.6 Å². The molecule has 0 radical (unpaired) electrons. The highest BCUT2D eigenvalue weighted by Gasteiger charge is 2.11. The minimum absolute atomic E-state index is 0.0404. The molecule has 1 aromatic carbocycles. The first-order chi connectivity index (χ1) is 8.60. The molecular formula is C12H7F2N3O. The summed E-state index contributed by atoms with van der Waals surface area (Å²) in [7, 11) is 0. The maximum absolute atomic E-state index is 13.3. The van der Waals surface area contributed by atoms with Crippen molar-refractivity contribution in [1.29, 1.82) is 5.26 Å². The van der Waals surface area contributed by atoms with Crippen LogP contribution in [0.3, 0.4) is 0 Å². The minimum Gasteiger partial charge on any atom is -0.434 e. The van der Waals surface area contributed by atoms with Crippen LogP contribution in [-0.4, -0.2) is 4.98 Å². The Morgan fingerprint density at radius 2 is 2.06 bits per heavy atom. The van der Waals surface area contributed by atoms with Crippen LogP contribution in [0.5, 0.6) is 11.6 Å². The number of nitriles is 1. The first kappa shape index (κ1) is 11.8. The summed E-state index contributed by atoms with van der Waals surface area (Å²) in [6, 6.07) is 5.90. The Balaban J connectivity index is 2.40. The maximum atomic E-state index is 13.3. The second kappa shape index (κ2) is 4.67. The topological polar surface area (TPSA) is 71.9 Å². The molecule has 4 nitrogen and oxygen atoms in total. The zero-order chi connectivity index (χ0) is 13.1. The van der Waals surface area contributed by atoms with Gasteiger partial charge in [-0.3, -0.25) is 0 Å². The van der Waals surface area contributed by atoms with Crippen LogP contribution in [0.2, 0.25) is 0 Å². The van der Waals surface area contributed by atoms with Crippen molar-refractivity contribution in [3.05, 3.63) is 47.7 Å². The van der Waals surface area contributed by atoms with E-state index >= 15 is 0 Å². The molecule has 0 saturated carbocycles. The fourth-order valence-electron chi connectivity index (χ4n) is 1.29. The first-order valence-corrected chi connectivity index (χ1v) is 4.88. The number of pyridine rings is 1. The Labute approximate surface area is 101 Å². The van der Waals surface area contributed by atoms with Crippen LogP contribution in [0.4, 0.5) is 14.5 Å². The molecule has 0 unspecified atom stereocenters. The fourth-order valence-corrected chi connectivity index (χ4v) is 1.29. The number of ether oxygens (including phenoxy) is 1. The maximum Gasteiger partial charge on any atom is 0.237 e. The number of aromatic nitrogens is 1. The average molecular weight is 247 g/mol. The SMILES string of the molecule is N#Cc1cc(N)cnc1Oc1cc(F)ccc1F. The van der Waals surface area contributed by atoms with Gasteiger partial charge < -0.3 is 10.5 Å². The van der Waals surface area contributed by atoms with Crippen LogP contribution in [0, 0.1) is 23.0 Å². The third kappa shape index (κ3) is 2.35. The molecule has 0 saturated heterocycles. The van der Waals surface area contributed by atoms with E-state index in [9.17, 15) is 8.78 Å². The number of benzene rings is 1. The van der Waals surface area contributed by atoms with Gasteiger partial charge >= 0.3 is 0 Å². The van der Waals surface area contributed by atoms with E-state index in [1.54, 1.807) is 0 Å². The van der Waals surface area contributed by atoms with Crippen LogP contribution in [0.15, 0.2) is 30.5 Å². The molecule has 0 aliphatic rings. The average Bonchev–Trinajstić information content (AvgIpc) is 2.36. The van der Waals surface area contributed by atoms with Crippen molar-refractivity contribution in [2.45, 2.75) is 0 Å². The van der Waals surface area contributed by atoms with Gasteiger partial charge in [0.1, 0.15) is 17.4 Å². The van der Waals surface area contributed by atoms with Crippen molar-refractivity contribution >= 4 is 5.69 Å². The number of nitrogens with zero attached hydrogens (tertiary/aromatic N) is 2. The van der Waals surface area contributed by atoms with Gasteiger partial charge in [0.05, 0.1) is 11.9 Å². The molecule has 0 atom stereocenters. The number of halogens is 2. The molecule has 0 aliphatic carbocycles. The highest BCUT2D eigenvalue weighted by atomic mass is 19.1. The summed E-state index contributed by atoms with van der Waals surface area (Å²) in [6.07, 6.45) is 1.26. The van der Waals surface area contributed by atoms with E-state index in [0.717, 1.165) is 18.2 Å². The molecule has 2 aromatic rings. The Morgan fingerprint density at radius 3 is 2.78 bits per heavy atom. The van der Waals surface area contributed by atoms with Gasteiger partial charge in [-0.25, -0.2) is 13.8 Å². The number of hydrogen-bond acceptors (Lipinski definition) is 4. The molecule has 1 heterocycles. The molecule has 6 heteroatoms. The Bertz CT molecular complexity index is 638. The van der Waals surface area contributed by atoms with E-state index in [1.807, 2.05) is 6.07 Å². The van der Waals surface area contributed by atoms with Gasteiger partial charge in [-0.15, -0.1) is 0 Å². The van der Waals surface area contributed by atoms with Crippen LogP contribution in [-0.2, 0) is 0 Å². The number of rotatable bonds is 2. The lowest BCUT2D eigenvalue weighted by Crippen LogP contribution is -1.96. The molecular weight excluding hydrogens is 240 g/mol. The summed E-state index contributed by atoms with van der Waals surface area (Å²) in [5, 5.41) is 8.85. The van der Waals surface area contributed by atoms with E-state index in [0.29, 0.717) is 0 Å². The highest BCUT2D eigenvalue weighted by molar-refractivity contribution is 5.49. The monoisotopic (exact) mass is 247 g/mol. The Hall–Kier alpha value is -2.68. The zero-order valence-electron chi connectivity index (χ0n) is 9.02. The molecule has 0 aliphatic heterocycles. The summed E-state index contributed by atoms with van der Waals surface area (Å²) in [5.41, 5.74) is 5.76. The summed E-state index contributed by atoms with van der Waals surface area (Å²) >= 11 is 0. The third-order valence-electron chi connectivity index (χ3n) is 2.09. The number of nitrogens with two attached hydrogens (primary N) is 1. The zero-order valence-corrected chi connectivity index (χ0v) is 9.02. The number of anilines is 1. The van der Waals surface area contributed by atoms with E-state index in [-0.39, 0.29) is 22.9 Å². The largest absolute Gasteiger partial charge is 0.434 e. The lowest BCUT2D eigenvalue weighted by atomic mass is 10.2. The van der Waals surface area contributed by atoms with E-state index in [4.69, 9.17) is 15.7 Å². The van der Waals surface area contributed by atoms with Crippen LogP contribution >= 0.6 is 0 Å². The third-order valence-corrected chi connectivity index (χ3v) is 2.09. The van der Waals surface area contributed by atoms with Crippen molar-refractivity contribution in [2.75, 3.05) is 5.73 Å². The van der Waals surface area contributed by atoms with Gasteiger partial charge in [0, 0.05) is 6.07 Å². The summed E-state index contributed by atoms with van der Waals surface area (Å²) in [6.45, 7) is 0. The minimum atomic E-state index is -0.751. The highest BCUT2D eigenvalue weighted by Crippen LogP contribution is 2.26. The standard InChI is InChI=1S/C12H7F2N3O/c13-8-1-2-10(14)11(4-8)18-12-7(5-15)3-9(16)6-17-12/h1-4,6H,16H2. The molecule has 0 spiro atoms. The fraction of sp³-hybridized carbons (Fsp3) is 0. The lowest BCUT2D eigenvalue weighted by molar-refractivity contribution is 0.421. The first-order valence-electron chi connectivity index (χ1n) is 4.88. The molecule has 1 aromatic heterocycles. The molecule has 0 amide bonds. The van der Waals surface area contributed by atoms with Gasteiger partial charge in [0.25, 0.3) is 0 Å². The van der Waals surface area contributed by atoms with Crippen molar-refractivity contribution in [3.63, 3.8) is 0 Å². The lowest BCUT2D eigenvalue weighted by Gasteiger charge is -2.07. The molecule has 0 bridgehead atoms. The van der Waals surface area contributed by atoms with Crippen molar-refractivity contribution < 1.29 is 13.5 Å². The normalized spacial score (nSPS) is 9.83. The molecule has 90 valence electrons. The molecule has 18 heavy (non-hydrogen) atoms. The van der Waals surface area contributed by atoms with E-state index in [2.05, 4.69) is 4.98 Å². The Kier molecular flexibility index (Phi) is 3.06. The van der Waals surface area contributed by atoms with Crippen molar-refractivity contribution in [2.24, 2.45) is 0 Å². The quantitative estimate of drug-likeness (QED) is 0.885. The smallest absolute Gasteiger partial charge is 0.237 e. The van der Waals surface area contributed by atoms with E-state index in [1.165, 1.54) is 12.3 Å². The molecule has 0 fully saturated rings. The van der Waals surface area contributed by atoms with Crippen molar-refractivity contribution in [3.8, 4) is 17.7 Å². The van der Waals surface area contributed by atoms with Gasteiger partial charge in [0.2, 0.25) is 5.88 Å². The second-order valence-electron chi connectivity index (χ2n) is 3.41. The van der Waals surface area contributed by atoms with Crippen LogP contribution < -0.4 is 10.5 Å². The van der Waals surface area contributed by atoms with E-state index < -0.39 is 11.6 Å². The summed E-state index contributed by atoms with van der Waals surface area (Å²) < 4.78 is 31.4. The van der Waals surface area contributed by atoms with Crippen LogP contribution in [0.1, 0.15) is 5.56 Å². The predicted octanol–water partition coefficient (Wildman–Crippen LogP) is 2.61. The van der Waals surface area contributed by atoms with Gasteiger partial charge in [-0.05, 0) is 18.2 Å². The Morgan fingerprint density at radius 1 is 1.28 bits per heavy atom.